The molecule has 0 saturated heterocycles. The number of halogens is 1. The highest BCUT2D eigenvalue weighted by atomic mass is 79.9. The molecule has 0 amide bonds. The molecule has 3 nitrogen and oxygen atoms in total. The Morgan fingerprint density at radius 1 is 1.10 bits per heavy atom. The zero-order valence-corrected chi connectivity index (χ0v) is 13.0. The number of hydrogen-bond donors (Lipinski definition) is 1. The van der Waals surface area contributed by atoms with Crippen LogP contribution in [0.3, 0.4) is 0 Å². The minimum atomic E-state index is 0.795. The summed E-state index contributed by atoms with van der Waals surface area (Å²) >= 11 is 3.51. The first-order chi connectivity index (χ1) is 9.83. The lowest BCUT2D eigenvalue weighted by atomic mass is 10.1. The molecule has 1 aliphatic rings. The second kappa shape index (κ2) is 6.35. The molecule has 1 aliphatic carbocycles. The standard InChI is InChI=1S/C16H18BrN3/c17-13-6-4-5-12(9-13)10-18-16-14-7-2-1-3-8-15(14)19-11-20-16/h4-6,9,11H,1-3,7-8,10H2,(H,18,19,20). The summed E-state index contributed by atoms with van der Waals surface area (Å²) in [7, 11) is 0. The van der Waals surface area contributed by atoms with Crippen molar-refractivity contribution < 1.29 is 0 Å². The summed E-state index contributed by atoms with van der Waals surface area (Å²) in [5, 5.41) is 3.47. The fourth-order valence-corrected chi connectivity index (χ4v) is 3.13. The first-order valence-corrected chi connectivity index (χ1v) is 7.93. The fraction of sp³-hybridized carbons (Fsp3) is 0.375. The number of aromatic nitrogens is 2. The molecule has 0 bridgehead atoms. The Hall–Kier alpha value is -1.42. The SMILES string of the molecule is Brc1cccc(CNc2ncnc3c2CCCCC3)c1. The van der Waals surface area contributed by atoms with Gasteiger partial charge in [0.25, 0.3) is 0 Å². The average Bonchev–Trinajstić information content (AvgIpc) is 2.71. The van der Waals surface area contributed by atoms with Crippen molar-refractivity contribution >= 4 is 21.7 Å². The summed E-state index contributed by atoms with van der Waals surface area (Å²) in [4.78, 5) is 8.89. The van der Waals surface area contributed by atoms with E-state index in [1.807, 2.05) is 6.07 Å². The third-order valence-corrected chi connectivity index (χ3v) is 4.22. The normalized spacial score (nSPS) is 14.4. The van der Waals surface area contributed by atoms with Gasteiger partial charge in [0.15, 0.2) is 0 Å². The maximum atomic E-state index is 4.45. The van der Waals surface area contributed by atoms with Gasteiger partial charge in [0, 0.05) is 22.3 Å². The van der Waals surface area contributed by atoms with E-state index in [0.29, 0.717) is 0 Å². The van der Waals surface area contributed by atoms with Crippen molar-refractivity contribution in [1.82, 2.24) is 9.97 Å². The maximum Gasteiger partial charge on any atom is 0.133 e. The number of benzene rings is 1. The summed E-state index contributed by atoms with van der Waals surface area (Å²) in [6.07, 6.45) is 7.65. The minimum absolute atomic E-state index is 0.795. The molecule has 4 heteroatoms. The van der Waals surface area contributed by atoms with E-state index in [9.17, 15) is 0 Å². The lowest BCUT2D eigenvalue weighted by Gasteiger charge is -2.12. The van der Waals surface area contributed by atoms with Crippen molar-refractivity contribution in [3.05, 3.63) is 51.9 Å². The van der Waals surface area contributed by atoms with Crippen molar-refractivity contribution in [1.29, 1.82) is 0 Å². The van der Waals surface area contributed by atoms with Gasteiger partial charge < -0.3 is 5.32 Å². The second-order valence-corrected chi connectivity index (χ2v) is 6.11. The molecule has 1 aromatic carbocycles. The van der Waals surface area contributed by atoms with Gasteiger partial charge in [-0.15, -0.1) is 0 Å². The van der Waals surface area contributed by atoms with Crippen LogP contribution in [-0.2, 0) is 19.4 Å². The van der Waals surface area contributed by atoms with Gasteiger partial charge in [-0.05, 0) is 43.4 Å². The molecule has 1 heterocycles. The van der Waals surface area contributed by atoms with Crippen molar-refractivity contribution in [2.75, 3.05) is 5.32 Å². The zero-order valence-electron chi connectivity index (χ0n) is 11.4. The Bertz CT molecular complexity index is 598. The highest BCUT2D eigenvalue weighted by Gasteiger charge is 2.13. The largest absolute Gasteiger partial charge is 0.366 e. The van der Waals surface area contributed by atoms with Gasteiger partial charge in [-0.2, -0.15) is 0 Å². The molecule has 20 heavy (non-hydrogen) atoms. The molecule has 0 atom stereocenters. The van der Waals surface area contributed by atoms with E-state index in [4.69, 9.17) is 0 Å². The minimum Gasteiger partial charge on any atom is -0.366 e. The molecule has 0 fully saturated rings. The molecule has 0 saturated carbocycles. The number of rotatable bonds is 3. The third-order valence-electron chi connectivity index (χ3n) is 3.72. The molecule has 0 unspecified atom stereocenters. The summed E-state index contributed by atoms with van der Waals surface area (Å²) in [5.74, 6) is 1.01. The fourth-order valence-electron chi connectivity index (χ4n) is 2.68. The Morgan fingerprint density at radius 3 is 2.90 bits per heavy atom. The number of anilines is 1. The highest BCUT2D eigenvalue weighted by molar-refractivity contribution is 9.10. The average molecular weight is 332 g/mol. The van der Waals surface area contributed by atoms with Gasteiger partial charge in [0.1, 0.15) is 12.1 Å². The van der Waals surface area contributed by atoms with Crippen LogP contribution >= 0.6 is 15.9 Å². The van der Waals surface area contributed by atoms with E-state index in [-0.39, 0.29) is 0 Å². The lowest BCUT2D eigenvalue weighted by Crippen LogP contribution is -2.07. The number of nitrogens with zero attached hydrogens (tertiary/aromatic N) is 2. The predicted molar refractivity (Wildman–Crippen MR) is 84.8 cm³/mol. The van der Waals surface area contributed by atoms with Gasteiger partial charge in [-0.25, -0.2) is 9.97 Å². The van der Waals surface area contributed by atoms with E-state index >= 15 is 0 Å². The number of hydrogen-bond acceptors (Lipinski definition) is 3. The predicted octanol–water partition coefficient (Wildman–Crippen LogP) is 4.12. The van der Waals surface area contributed by atoms with Crippen LogP contribution < -0.4 is 5.32 Å². The summed E-state index contributed by atoms with van der Waals surface area (Å²) in [6, 6.07) is 8.35. The van der Waals surface area contributed by atoms with Crippen LogP contribution in [0.15, 0.2) is 35.1 Å². The molecule has 1 N–H and O–H groups in total. The van der Waals surface area contributed by atoms with E-state index in [2.05, 4.69) is 49.4 Å². The summed E-state index contributed by atoms with van der Waals surface area (Å²) in [6.45, 7) is 0.795. The van der Waals surface area contributed by atoms with Gasteiger partial charge >= 0.3 is 0 Å². The quantitative estimate of drug-likeness (QED) is 0.859. The Labute approximate surface area is 128 Å². The van der Waals surface area contributed by atoms with Gasteiger partial charge in [0.05, 0.1) is 0 Å². The van der Waals surface area contributed by atoms with E-state index in [1.165, 1.54) is 36.1 Å². The number of aryl methyl sites for hydroxylation is 1. The Kier molecular flexibility index (Phi) is 4.31. The first-order valence-electron chi connectivity index (χ1n) is 7.14. The summed E-state index contributed by atoms with van der Waals surface area (Å²) < 4.78 is 1.11. The van der Waals surface area contributed by atoms with Crippen LogP contribution in [0.4, 0.5) is 5.82 Å². The molecule has 0 radical (unpaired) electrons. The monoisotopic (exact) mass is 331 g/mol. The van der Waals surface area contributed by atoms with E-state index in [0.717, 1.165) is 29.7 Å². The molecule has 2 aromatic rings. The van der Waals surface area contributed by atoms with Crippen molar-refractivity contribution in [2.24, 2.45) is 0 Å². The van der Waals surface area contributed by atoms with Crippen LogP contribution in [0.1, 0.15) is 36.1 Å². The smallest absolute Gasteiger partial charge is 0.133 e. The summed E-state index contributed by atoms with van der Waals surface area (Å²) in [5.41, 5.74) is 3.80. The Morgan fingerprint density at radius 2 is 2.00 bits per heavy atom. The van der Waals surface area contributed by atoms with Crippen molar-refractivity contribution in [3.8, 4) is 0 Å². The van der Waals surface area contributed by atoms with Gasteiger partial charge in [-0.1, -0.05) is 34.5 Å². The van der Waals surface area contributed by atoms with Crippen molar-refractivity contribution in [2.45, 2.75) is 38.6 Å². The van der Waals surface area contributed by atoms with Crippen LogP contribution in [0.25, 0.3) is 0 Å². The van der Waals surface area contributed by atoms with E-state index < -0.39 is 0 Å². The molecule has 104 valence electrons. The molecule has 0 aliphatic heterocycles. The van der Waals surface area contributed by atoms with Gasteiger partial charge in [0.2, 0.25) is 0 Å². The molecular weight excluding hydrogens is 314 g/mol. The molecule has 1 aromatic heterocycles. The maximum absolute atomic E-state index is 4.45. The zero-order chi connectivity index (χ0) is 13.8. The third kappa shape index (κ3) is 3.18. The van der Waals surface area contributed by atoms with E-state index in [1.54, 1.807) is 6.33 Å². The topological polar surface area (TPSA) is 37.8 Å². The molecule has 0 spiro atoms. The van der Waals surface area contributed by atoms with Crippen LogP contribution in [0, 0.1) is 0 Å². The van der Waals surface area contributed by atoms with Gasteiger partial charge in [-0.3, -0.25) is 0 Å². The van der Waals surface area contributed by atoms with Crippen molar-refractivity contribution in [3.63, 3.8) is 0 Å². The molecular formula is C16H18BrN3. The molecule has 3 rings (SSSR count). The van der Waals surface area contributed by atoms with Crippen LogP contribution in [-0.4, -0.2) is 9.97 Å². The number of fused-ring (bicyclic) bond motifs is 1. The van der Waals surface area contributed by atoms with Crippen LogP contribution in [0.5, 0.6) is 0 Å². The van der Waals surface area contributed by atoms with Crippen LogP contribution in [0.2, 0.25) is 0 Å². The Balaban J connectivity index is 1.77. The lowest BCUT2D eigenvalue weighted by molar-refractivity contribution is 0.709. The second-order valence-electron chi connectivity index (χ2n) is 5.19. The number of nitrogens with one attached hydrogen (secondary N) is 1. The first kappa shape index (κ1) is 13.6. The highest BCUT2D eigenvalue weighted by Crippen LogP contribution is 2.24.